The Balaban J connectivity index is 1.65. The molecule has 0 aliphatic carbocycles. The van der Waals surface area contributed by atoms with Crippen molar-refractivity contribution in [3.63, 3.8) is 0 Å². The zero-order chi connectivity index (χ0) is 19.4. The lowest BCUT2D eigenvalue weighted by Gasteiger charge is -2.20. The van der Waals surface area contributed by atoms with E-state index in [0.717, 1.165) is 9.87 Å². The number of hydrogen-bond acceptors (Lipinski definition) is 5. The van der Waals surface area contributed by atoms with Crippen molar-refractivity contribution in [2.24, 2.45) is 0 Å². The summed E-state index contributed by atoms with van der Waals surface area (Å²) in [6.07, 6.45) is 2.43. The number of pyridine rings is 1. The number of likely N-dealkylation sites (N-methyl/N-ethyl adjacent to an activating group) is 1. The summed E-state index contributed by atoms with van der Waals surface area (Å²) >= 11 is 0. The Morgan fingerprint density at radius 3 is 2.81 bits per heavy atom. The van der Waals surface area contributed by atoms with Gasteiger partial charge in [0, 0.05) is 25.4 Å². The Morgan fingerprint density at radius 1 is 1.26 bits per heavy atom. The van der Waals surface area contributed by atoms with Crippen molar-refractivity contribution >= 4 is 27.5 Å². The summed E-state index contributed by atoms with van der Waals surface area (Å²) in [5.41, 5.74) is 2.08. The summed E-state index contributed by atoms with van der Waals surface area (Å²) in [7, 11) is -2.46. The molecule has 0 atom stereocenters. The lowest BCUT2D eigenvalue weighted by atomic mass is 10.0. The lowest BCUT2D eigenvalue weighted by Crippen LogP contribution is -2.38. The summed E-state index contributed by atoms with van der Waals surface area (Å²) in [6, 6.07) is 9.91. The van der Waals surface area contributed by atoms with Crippen molar-refractivity contribution in [3.8, 4) is 0 Å². The third kappa shape index (κ3) is 4.50. The molecule has 0 bridgehead atoms. The van der Waals surface area contributed by atoms with Crippen molar-refractivity contribution in [1.29, 1.82) is 0 Å². The fourth-order valence-electron chi connectivity index (χ4n) is 2.74. The second-order valence-corrected chi connectivity index (χ2v) is 8.27. The van der Waals surface area contributed by atoms with E-state index in [-0.39, 0.29) is 23.9 Å². The number of anilines is 1. The lowest BCUT2D eigenvalue weighted by molar-refractivity contribution is -0.121. The second kappa shape index (κ2) is 7.85. The Hall–Kier alpha value is -2.78. The molecule has 0 saturated carbocycles. The fourth-order valence-corrected chi connectivity index (χ4v) is 3.91. The van der Waals surface area contributed by atoms with Crippen LogP contribution in [0.1, 0.15) is 17.7 Å². The molecule has 1 aliphatic rings. The maximum atomic E-state index is 12.7. The Morgan fingerprint density at radius 2 is 2.07 bits per heavy atom. The minimum atomic E-state index is -3.82. The molecule has 9 heteroatoms. The fraction of sp³-hybridized carbons (Fsp3) is 0.278. The van der Waals surface area contributed by atoms with Crippen LogP contribution < -0.4 is 10.6 Å². The van der Waals surface area contributed by atoms with Gasteiger partial charge in [-0.2, -0.15) is 4.31 Å². The molecule has 2 N–H and O–H groups in total. The molecule has 0 fully saturated rings. The minimum Gasteiger partial charge on any atom is -0.349 e. The number of amides is 2. The first-order chi connectivity index (χ1) is 12.9. The molecule has 8 nitrogen and oxygen atoms in total. The first-order valence-electron chi connectivity index (χ1n) is 8.42. The highest BCUT2D eigenvalue weighted by Gasteiger charge is 2.25. The van der Waals surface area contributed by atoms with Crippen molar-refractivity contribution in [2.75, 3.05) is 18.9 Å². The second-order valence-electron chi connectivity index (χ2n) is 6.23. The summed E-state index contributed by atoms with van der Waals surface area (Å²) in [5.74, 6) is -0.503. The summed E-state index contributed by atoms with van der Waals surface area (Å²) in [5, 5.41) is 5.37. The average Bonchev–Trinajstić information content (AvgIpc) is 2.66. The third-order valence-corrected chi connectivity index (χ3v) is 6.04. The molecule has 0 unspecified atom stereocenters. The van der Waals surface area contributed by atoms with Gasteiger partial charge >= 0.3 is 0 Å². The molecule has 0 radical (unpaired) electrons. The number of aryl methyl sites for hydroxylation is 1. The van der Waals surface area contributed by atoms with Gasteiger partial charge in [0.1, 0.15) is 0 Å². The van der Waals surface area contributed by atoms with Crippen LogP contribution in [0, 0.1) is 0 Å². The number of sulfonamides is 1. The molecule has 2 amide bonds. The smallest absolute Gasteiger partial charge is 0.243 e. The van der Waals surface area contributed by atoms with Gasteiger partial charge in [-0.1, -0.05) is 6.07 Å². The van der Waals surface area contributed by atoms with Crippen molar-refractivity contribution in [1.82, 2.24) is 14.6 Å². The molecule has 2 aromatic rings. The van der Waals surface area contributed by atoms with Gasteiger partial charge in [-0.05, 0) is 42.3 Å². The largest absolute Gasteiger partial charge is 0.349 e. The molecule has 2 heterocycles. The third-order valence-electron chi connectivity index (χ3n) is 4.24. The number of fused-ring (bicyclic) bond motifs is 1. The zero-order valence-electron chi connectivity index (χ0n) is 14.8. The van der Waals surface area contributed by atoms with Crippen LogP contribution in [-0.2, 0) is 32.6 Å². The number of benzene rings is 1. The van der Waals surface area contributed by atoms with Gasteiger partial charge in [-0.3, -0.25) is 14.6 Å². The van der Waals surface area contributed by atoms with E-state index in [1.807, 2.05) is 6.07 Å². The molecule has 3 rings (SSSR count). The van der Waals surface area contributed by atoms with E-state index in [1.165, 1.54) is 13.1 Å². The first-order valence-corrected chi connectivity index (χ1v) is 9.86. The van der Waals surface area contributed by atoms with Gasteiger partial charge in [0.25, 0.3) is 0 Å². The van der Waals surface area contributed by atoms with Gasteiger partial charge < -0.3 is 10.6 Å². The van der Waals surface area contributed by atoms with Gasteiger partial charge in [0.2, 0.25) is 21.8 Å². The average molecular weight is 388 g/mol. The van der Waals surface area contributed by atoms with E-state index in [2.05, 4.69) is 15.6 Å². The Bertz CT molecular complexity index is 961. The highest BCUT2D eigenvalue weighted by Crippen LogP contribution is 2.26. The number of hydrogen-bond donors (Lipinski definition) is 2. The summed E-state index contributed by atoms with van der Waals surface area (Å²) < 4.78 is 26.5. The molecule has 1 aromatic heterocycles. The van der Waals surface area contributed by atoms with E-state index in [1.54, 1.807) is 30.5 Å². The van der Waals surface area contributed by atoms with Crippen LogP contribution in [0.4, 0.5) is 5.69 Å². The van der Waals surface area contributed by atoms with Crippen LogP contribution in [0.15, 0.2) is 47.5 Å². The zero-order valence-corrected chi connectivity index (χ0v) is 15.6. The van der Waals surface area contributed by atoms with Crippen molar-refractivity contribution in [3.05, 3.63) is 53.9 Å². The molecule has 0 saturated heterocycles. The molecule has 1 aromatic carbocycles. The van der Waals surface area contributed by atoms with E-state index in [4.69, 9.17) is 0 Å². The minimum absolute atomic E-state index is 0.0835. The number of aromatic nitrogens is 1. The number of carbonyl (C=O) groups is 2. The standard InChI is InChI=1S/C18H20N4O4S/c1-22(12-18(24)20-11-14-4-2-3-9-19-14)27(25,26)15-6-7-16-13(10-15)5-8-17(23)21-16/h2-4,6-7,9-10H,5,8,11-12H2,1H3,(H,20,24)(H,21,23). The normalized spacial score (nSPS) is 13.8. The van der Waals surface area contributed by atoms with Crippen LogP contribution in [0.5, 0.6) is 0 Å². The highest BCUT2D eigenvalue weighted by atomic mass is 32.2. The molecular weight excluding hydrogens is 368 g/mol. The van der Waals surface area contributed by atoms with Crippen LogP contribution in [-0.4, -0.2) is 43.1 Å². The quantitative estimate of drug-likeness (QED) is 0.764. The van der Waals surface area contributed by atoms with E-state index in [0.29, 0.717) is 24.2 Å². The topological polar surface area (TPSA) is 108 Å². The van der Waals surface area contributed by atoms with E-state index >= 15 is 0 Å². The Kier molecular flexibility index (Phi) is 5.52. The monoisotopic (exact) mass is 388 g/mol. The van der Waals surface area contributed by atoms with Gasteiger partial charge in [0.15, 0.2) is 0 Å². The number of carbonyl (C=O) groups excluding carboxylic acids is 2. The summed E-state index contributed by atoms with van der Waals surface area (Å²) in [4.78, 5) is 27.7. The number of nitrogens with one attached hydrogen (secondary N) is 2. The van der Waals surface area contributed by atoms with E-state index < -0.39 is 15.9 Å². The molecule has 1 aliphatic heterocycles. The van der Waals surface area contributed by atoms with Crippen LogP contribution >= 0.6 is 0 Å². The van der Waals surface area contributed by atoms with Gasteiger partial charge in [-0.25, -0.2) is 8.42 Å². The first kappa shape index (κ1) is 19.0. The molecular formula is C18H20N4O4S. The van der Waals surface area contributed by atoms with Crippen LogP contribution in [0.3, 0.4) is 0 Å². The van der Waals surface area contributed by atoms with E-state index in [9.17, 15) is 18.0 Å². The predicted molar refractivity (Wildman–Crippen MR) is 99.3 cm³/mol. The maximum absolute atomic E-state index is 12.7. The SMILES string of the molecule is CN(CC(=O)NCc1ccccn1)S(=O)(=O)c1ccc2c(c1)CCC(=O)N2. The molecule has 142 valence electrons. The molecule has 0 spiro atoms. The Labute approximate surface area is 157 Å². The number of nitrogens with zero attached hydrogens (tertiary/aromatic N) is 2. The van der Waals surface area contributed by atoms with Crippen LogP contribution in [0.25, 0.3) is 0 Å². The van der Waals surface area contributed by atoms with Crippen molar-refractivity contribution < 1.29 is 18.0 Å². The van der Waals surface area contributed by atoms with Gasteiger partial charge in [0.05, 0.1) is 23.7 Å². The number of rotatable bonds is 6. The maximum Gasteiger partial charge on any atom is 0.243 e. The molecule has 27 heavy (non-hydrogen) atoms. The summed E-state index contributed by atoms with van der Waals surface area (Å²) in [6.45, 7) is -0.0743. The predicted octanol–water partition coefficient (Wildman–Crippen LogP) is 0.903. The highest BCUT2D eigenvalue weighted by molar-refractivity contribution is 7.89. The van der Waals surface area contributed by atoms with Gasteiger partial charge in [-0.15, -0.1) is 0 Å². The van der Waals surface area contributed by atoms with Crippen LogP contribution in [0.2, 0.25) is 0 Å². The van der Waals surface area contributed by atoms with Crippen molar-refractivity contribution in [2.45, 2.75) is 24.3 Å².